The van der Waals surface area contributed by atoms with Crippen LogP contribution in [0.25, 0.3) is 0 Å². The number of carbonyl (C=O) groups excluding carboxylic acids is 3. The van der Waals surface area contributed by atoms with Crippen molar-refractivity contribution in [2.24, 2.45) is 0 Å². The van der Waals surface area contributed by atoms with Crippen molar-refractivity contribution in [1.29, 1.82) is 0 Å². The first kappa shape index (κ1) is 20.6. The number of benzene rings is 1. The van der Waals surface area contributed by atoms with Crippen molar-refractivity contribution in [3.05, 3.63) is 28.8 Å². The fourth-order valence-electron chi connectivity index (χ4n) is 3.10. The number of hydrogen-bond donors (Lipinski definition) is 2. The molecule has 2 heterocycles. The van der Waals surface area contributed by atoms with Gasteiger partial charge in [0.15, 0.2) is 0 Å². The quantitative estimate of drug-likeness (QED) is 0.689. The van der Waals surface area contributed by atoms with Gasteiger partial charge in [-0.3, -0.25) is 15.0 Å². The van der Waals surface area contributed by atoms with Crippen molar-refractivity contribution in [3.8, 4) is 0 Å². The summed E-state index contributed by atoms with van der Waals surface area (Å²) in [5, 5.41) is 3.12. The highest BCUT2D eigenvalue weighted by atomic mass is 35.5. The summed E-state index contributed by atoms with van der Waals surface area (Å²) in [6.45, 7) is 4.08. The van der Waals surface area contributed by atoms with Crippen LogP contribution in [0.4, 0.5) is 4.79 Å². The molecule has 0 aliphatic carbocycles. The third-order valence-corrected chi connectivity index (χ3v) is 7.44. The minimum absolute atomic E-state index is 0.00278. The van der Waals surface area contributed by atoms with E-state index in [1.165, 1.54) is 16.4 Å². The average Bonchev–Trinajstić information content (AvgIpc) is 3.26. The van der Waals surface area contributed by atoms with Gasteiger partial charge in [-0.25, -0.2) is 13.2 Å². The molecule has 0 saturated carbocycles. The van der Waals surface area contributed by atoms with Crippen molar-refractivity contribution in [2.75, 3.05) is 13.1 Å². The number of hydrogen-bond acceptors (Lipinski definition) is 5. The molecule has 0 radical (unpaired) electrons. The number of sulfonamides is 1. The highest BCUT2D eigenvalue weighted by molar-refractivity contribution is 7.89. The Morgan fingerprint density at radius 1 is 1.29 bits per heavy atom. The van der Waals surface area contributed by atoms with E-state index >= 15 is 0 Å². The van der Waals surface area contributed by atoms with E-state index in [0.29, 0.717) is 24.5 Å². The molecule has 2 aliphatic rings. The number of nitrogens with zero attached hydrogens (tertiary/aromatic N) is 2. The van der Waals surface area contributed by atoms with Gasteiger partial charge < -0.3 is 5.32 Å². The molecular formula is C17H21ClN4O5S. The fraction of sp³-hybridized carbons (Fsp3) is 0.471. The van der Waals surface area contributed by atoms with Crippen LogP contribution in [-0.4, -0.2) is 54.2 Å². The number of carbonyl (C=O) groups is 3. The molecule has 152 valence electrons. The summed E-state index contributed by atoms with van der Waals surface area (Å²) >= 11 is 6.07. The van der Waals surface area contributed by atoms with Gasteiger partial charge in [0.05, 0.1) is 5.02 Å². The van der Waals surface area contributed by atoms with Crippen LogP contribution in [0.1, 0.15) is 43.5 Å². The van der Waals surface area contributed by atoms with Crippen LogP contribution in [0.15, 0.2) is 23.1 Å². The number of amides is 4. The lowest BCUT2D eigenvalue weighted by Crippen LogP contribution is -2.48. The smallest absolute Gasteiger partial charge is 0.322 e. The molecule has 28 heavy (non-hydrogen) atoms. The summed E-state index contributed by atoms with van der Waals surface area (Å²) in [6, 6.07) is 3.05. The first-order valence-electron chi connectivity index (χ1n) is 8.87. The zero-order valence-corrected chi connectivity index (χ0v) is 17.1. The largest absolute Gasteiger partial charge is 0.344 e. The second kappa shape index (κ2) is 7.34. The molecule has 1 aromatic carbocycles. The van der Waals surface area contributed by atoms with E-state index in [1.807, 2.05) is 0 Å². The zero-order valence-electron chi connectivity index (χ0n) is 15.5. The number of urea groups is 1. The van der Waals surface area contributed by atoms with Gasteiger partial charge in [0, 0.05) is 18.7 Å². The Bertz CT molecular complexity index is 945. The van der Waals surface area contributed by atoms with Crippen LogP contribution in [0.5, 0.6) is 0 Å². The van der Waals surface area contributed by atoms with Crippen molar-refractivity contribution in [3.63, 3.8) is 0 Å². The molecule has 1 aromatic rings. The van der Waals surface area contributed by atoms with Gasteiger partial charge in [-0.05, 0) is 44.4 Å². The van der Waals surface area contributed by atoms with Gasteiger partial charge in [0.2, 0.25) is 10.0 Å². The van der Waals surface area contributed by atoms with Crippen LogP contribution in [-0.2, 0) is 14.8 Å². The van der Waals surface area contributed by atoms with E-state index in [-0.39, 0.29) is 15.5 Å². The topological polar surface area (TPSA) is 116 Å². The van der Waals surface area contributed by atoms with Gasteiger partial charge in [-0.2, -0.15) is 9.31 Å². The lowest BCUT2D eigenvalue weighted by molar-refractivity contribution is -0.132. The molecular weight excluding hydrogens is 408 g/mol. The third-order valence-electron chi connectivity index (χ3n) is 5.06. The number of halogens is 1. The minimum Gasteiger partial charge on any atom is -0.322 e. The van der Waals surface area contributed by atoms with E-state index in [9.17, 15) is 22.8 Å². The molecule has 1 unspecified atom stereocenters. The van der Waals surface area contributed by atoms with E-state index in [2.05, 4.69) is 10.7 Å². The molecule has 11 heteroatoms. The first-order valence-corrected chi connectivity index (χ1v) is 10.7. The molecule has 0 aromatic heterocycles. The summed E-state index contributed by atoms with van der Waals surface area (Å²) in [5.41, 5.74) is 1.10. The zero-order chi connectivity index (χ0) is 20.7. The lowest BCUT2D eigenvalue weighted by Gasteiger charge is -2.20. The SMILES string of the molecule is CCC1(C)NC(=O)N(NC(=O)c2ccc(Cl)c(S(=O)(=O)N3CCCC3)c2)C1=O. The van der Waals surface area contributed by atoms with Gasteiger partial charge in [-0.15, -0.1) is 0 Å². The normalized spacial score (nSPS) is 23.2. The standard InChI is InChI=1S/C17H21ClN4O5S/c1-3-17(2)15(24)22(16(25)19-17)20-14(23)11-6-7-12(18)13(10-11)28(26,27)21-8-4-5-9-21/h6-7,10H,3-5,8-9H2,1-2H3,(H,19,25)(H,20,23). The van der Waals surface area contributed by atoms with Gasteiger partial charge in [0.1, 0.15) is 10.4 Å². The van der Waals surface area contributed by atoms with E-state index in [1.54, 1.807) is 13.8 Å². The summed E-state index contributed by atoms with van der Waals surface area (Å²) in [6.07, 6.45) is 1.88. The van der Waals surface area contributed by atoms with Crippen molar-refractivity contribution >= 4 is 39.5 Å². The maximum atomic E-state index is 12.8. The predicted molar refractivity (Wildman–Crippen MR) is 101 cm³/mol. The van der Waals surface area contributed by atoms with Crippen LogP contribution in [0.3, 0.4) is 0 Å². The number of rotatable bonds is 5. The highest BCUT2D eigenvalue weighted by Gasteiger charge is 2.47. The van der Waals surface area contributed by atoms with Crippen LogP contribution in [0, 0.1) is 0 Å². The highest BCUT2D eigenvalue weighted by Crippen LogP contribution is 2.28. The van der Waals surface area contributed by atoms with Crippen LogP contribution < -0.4 is 10.7 Å². The summed E-state index contributed by atoms with van der Waals surface area (Å²) < 4.78 is 26.9. The lowest BCUT2D eigenvalue weighted by atomic mass is 10.00. The fourth-order valence-corrected chi connectivity index (χ4v) is 5.12. The maximum Gasteiger partial charge on any atom is 0.344 e. The number of nitrogens with one attached hydrogen (secondary N) is 2. The molecule has 0 spiro atoms. The van der Waals surface area contributed by atoms with E-state index < -0.39 is 33.4 Å². The van der Waals surface area contributed by atoms with Crippen molar-refractivity contribution in [2.45, 2.75) is 43.5 Å². The maximum absolute atomic E-state index is 12.8. The monoisotopic (exact) mass is 428 g/mol. The van der Waals surface area contributed by atoms with Gasteiger partial charge >= 0.3 is 6.03 Å². The predicted octanol–water partition coefficient (Wildman–Crippen LogP) is 1.49. The molecule has 9 nitrogen and oxygen atoms in total. The van der Waals surface area contributed by atoms with E-state index in [0.717, 1.165) is 18.9 Å². The molecule has 2 saturated heterocycles. The summed E-state index contributed by atoms with van der Waals surface area (Å²) in [7, 11) is -3.84. The Kier molecular flexibility index (Phi) is 5.39. The minimum atomic E-state index is -3.84. The second-order valence-corrected chi connectivity index (χ2v) is 9.27. The second-order valence-electron chi connectivity index (χ2n) is 6.95. The molecule has 1 atom stereocenters. The van der Waals surface area contributed by atoms with Gasteiger partial charge in [-0.1, -0.05) is 18.5 Å². The van der Waals surface area contributed by atoms with Crippen LogP contribution >= 0.6 is 11.6 Å². The average molecular weight is 429 g/mol. The Morgan fingerprint density at radius 2 is 1.93 bits per heavy atom. The van der Waals surface area contributed by atoms with Crippen LogP contribution in [0.2, 0.25) is 5.02 Å². The Hall–Kier alpha value is -2.17. The van der Waals surface area contributed by atoms with E-state index in [4.69, 9.17) is 11.6 Å². The summed E-state index contributed by atoms with van der Waals surface area (Å²) in [5.74, 6) is -1.38. The van der Waals surface area contributed by atoms with Crippen molar-refractivity contribution in [1.82, 2.24) is 20.1 Å². The molecule has 2 N–H and O–H groups in total. The Morgan fingerprint density at radius 3 is 2.50 bits per heavy atom. The molecule has 3 rings (SSSR count). The Balaban J connectivity index is 1.86. The Labute approximate surface area is 168 Å². The molecule has 4 amide bonds. The summed E-state index contributed by atoms with van der Waals surface area (Å²) in [4.78, 5) is 36.8. The molecule has 2 fully saturated rings. The first-order chi connectivity index (χ1) is 13.1. The number of hydrazine groups is 1. The molecule has 0 bridgehead atoms. The molecule has 2 aliphatic heterocycles. The number of imide groups is 1. The van der Waals surface area contributed by atoms with Gasteiger partial charge in [0.25, 0.3) is 11.8 Å². The third kappa shape index (κ3) is 3.47. The van der Waals surface area contributed by atoms with Crippen molar-refractivity contribution < 1.29 is 22.8 Å².